The lowest BCUT2D eigenvalue weighted by Crippen LogP contribution is -2.03. The van der Waals surface area contributed by atoms with Crippen LogP contribution in [0.4, 0.5) is 0 Å². The first-order chi connectivity index (χ1) is 12.5. The molecule has 0 saturated heterocycles. The lowest BCUT2D eigenvalue weighted by Gasteiger charge is -1.94. The Morgan fingerprint density at radius 2 is 0.741 bits per heavy atom. The summed E-state index contributed by atoms with van der Waals surface area (Å²) in [5.41, 5.74) is 0. The lowest BCUT2D eigenvalue weighted by atomic mass is 10.7. The Hall–Kier alpha value is -3.28. The van der Waals surface area contributed by atoms with Crippen LogP contribution in [0.5, 0.6) is 0 Å². The number of aliphatic hydroxyl groups is 2. The summed E-state index contributed by atoms with van der Waals surface area (Å²) in [4.78, 5) is 37.0. The molecule has 0 aliphatic rings. The molecule has 0 fully saturated rings. The van der Waals surface area contributed by atoms with E-state index in [1.807, 2.05) is 0 Å². The normalized spacial score (nSPS) is 7.19. The van der Waals surface area contributed by atoms with Crippen molar-refractivity contribution < 1.29 is 54.6 Å². The Bertz CT molecular complexity index is 366. The molecule has 0 aromatic rings. The molecule has 0 bridgehead atoms. The molecule has 0 heterocycles. The largest absolute Gasteiger partial charge is 0.478 e. The van der Waals surface area contributed by atoms with Crippen LogP contribution < -0.4 is 0 Å². The fourth-order valence-electron chi connectivity index (χ4n) is 0.231. The average molecular weight is 394 g/mol. The molecule has 0 aliphatic heterocycles. The van der Waals surface area contributed by atoms with Crippen LogP contribution in [-0.2, 0) is 23.9 Å². The van der Waals surface area contributed by atoms with Crippen LogP contribution in [0.25, 0.3) is 0 Å². The fourth-order valence-corrected chi connectivity index (χ4v) is 0.231. The van der Waals surface area contributed by atoms with E-state index in [1.165, 1.54) is 0 Å². The fraction of sp³-hybridized carbons (Fsp3) is 0.250. The van der Waals surface area contributed by atoms with Crippen molar-refractivity contribution in [2.75, 3.05) is 26.4 Å². The summed E-state index contributed by atoms with van der Waals surface area (Å²) in [7, 11) is 0. The maximum atomic E-state index is 9.25. The van der Waals surface area contributed by atoms with Crippen molar-refractivity contribution in [1.29, 1.82) is 0 Å². The summed E-state index contributed by atoms with van der Waals surface area (Å²) >= 11 is 0. The molecule has 0 saturated carbocycles. The highest BCUT2D eigenvalue weighted by Gasteiger charge is 1.79. The smallest absolute Gasteiger partial charge is 0.327 e. The molecule has 0 atom stereocenters. The maximum absolute atomic E-state index is 9.25. The first-order valence-electron chi connectivity index (χ1n) is 6.71. The van der Waals surface area contributed by atoms with E-state index in [2.05, 4.69) is 31.1 Å². The highest BCUT2D eigenvalue weighted by atomic mass is 16.5. The molecule has 0 aromatic heterocycles. The molecule has 11 heteroatoms. The van der Waals surface area contributed by atoms with Gasteiger partial charge in [-0.25, -0.2) is 19.2 Å². The Labute approximate surface area is 156 Å². The zero-order valence-corrected chi connectivity index (χ0v) is 14.7. The molecule has 0 unspecified atom stereocenters. The van der Waals surface area contributed by atoms with Gasteiger partial charge in [-0.05, 0) is 0 Å². The minimum Gasteiger partial charge on any atom is -0.478 e. The van der Waals surface area contributed by atoms with Crippen molar-refractivity contribution in [2.45, 2.75) is 0 Å². The van der Waals surface area contributed by atoms with E-state index in [1.54, 1.807) is 0 Å². The standard InChI is InChI=1S/C4H10O3.4C3H4O2/c5-1-3-7-4-2-6;4*1-2-3(4)5/h5-6H,1-4H2;4*2H,1H2,(H,4,5). The first-order valence-corrected chi connectivity index (χ1v) is 6.71. The summed E-state index contributed by atoms with van der Waals surface area (Å²) in [6.45, 7) is 12.5. The molecule has 11 nitrogen and oxygen atoms in total. The molecular weight excluding hydrogens is 368 g/mol. The van der Waals surface area contributed by atoms with Gasteiger partial charge < -0.3 is 35.4 Å². The van der Waals surface area contributed by atoms with Crippen molar-refractivity contribution in [1.82, 2.24) is 0 Å². The predicted molar refractivity (Wildman–Crippen MR) is 96.3 cm³/mol. The minimum atomic E-state index is -0.981. The van der Waals surface area contributed by atoms with Crippen LogP contribution in [0.3, 0.4) is 0 Å². The van der Waals surface area contributed by atoms with Gasteiger partial charge in [0.05, 0.1) is 26.4 Å². The number of aliphatic hydroxyl groups excluding tert-OH is 2. The summed E-state index contributed by atoms with van der Waals surface area (Å²) in [5.74, 6) is -3.93. The van der Waals surface area contributed by atoms with Gasteiger partial charge in [0.15, 0.2) is 0 Å². The monoisotopic (exact) mass is 394 g/mol. The van der Waals surface area contributed by atoms with Gasteiger partial charge in [-0.15, -0.1) is 0 Å². The molecular formula is C16H26O11. The number of aliphatic carboxylic acids is 4. The van der Waals surface area contributed by atoms with Crippen molar-refractivity contribution in [3.63, 3.8) is 0 Å². The van der Waals surface area contributed by atoms with Crippen LogP contribution in [0.15, 0.2) is 50.6 Å². The number of carboxylic acid groups (broad SMARTS) is 4. The molecule has 0 radical (unpaired) electrons. The van der Waals surface area contributed by atoms with Gasteiger partial charge in [-0.1, -0.05) is 26.3 Å². The summed E-state index contributed by atoms with van der Waals surface area (Å²) in [5, 5.41) is 46.6. The zero-order chi connectivity index (χ0) is 22.7. The van der Waals surface area contributed by atoms with Crippen LogP contribution in [0.2, 0.25) is 0 Å². The summed E-state index contributed by atoms with van der Waals surface area (Å²) < 4.78 is 4.63. The van der Waals surface area contributed by atoms with Crippen molar-refractivity contribution >= 4 is 23.9 Å². The van der Waals surface area contributed by atoms with Gasteiger partial charge in [-0.2, -0.15) is 0 Å². The molecule has 27 heavy (non-hydrogen) atoms. The minimum absolute atomic E-state index is 0.0278. The van der Waals surface area contributed by atoms with Gasteiger partial charge in [0.2, 0.25) is 0 Å². The Morgan fingerprint density at radius 1 is 0.593 bits per heavy atom. The number of hydrogen-bond acceptors (Lipinski definition) is 7. The number of carbonyl (C=O) groups is 4. The van der Waals surface area contributed by atoms with Crippen molar-refractivity contribution in [2.24, 2.45) is 0 Å². The molecule has 0 aliphatic carbocycles. The third kappa shape index (κ3) is 128. The van der Waals surface area contributed by atoms with Crippen LogP contribution in [-0.4, -0.2) is 80.9 Å². The average Bonchev–Trinajstić information content (AvgIpc) is 2.63. The Kier molecular flexibility index (Phi) is 44.2. The molecule has 6 N–H and O–H groups in total. The maximum Gasteiger partial charge on any atom is 0.327 e. The van der Waals surface area contributed by atoms with E-state index >= 15 is 0 Å². The second-order valence-corrected chi connectivity index (χ2v) is 3.23. The molecule has 156 valence electrons. The highest BCUT2D eigenvalue weighted by molar-refractivity contribution is 5.79. The van der Waals surface area contributed by atoms with E-state index in [9.17, 15) is 19.2 Å². The van der Waals surface area contributed by atoms with Gasteiger partial charge >= 0.3 is 23.9 Å². The lowest BCUT2D eigenvalue weighted by molar-refractivity contribution is -0.132. The van der Waals surface area contributed by atoms with Gasteiger partial charge in [0, 0.05) is 24.3 Å². The summed E-state index contributed by atoms with van der Waals surface area (Å²) in [6.07, 6.45) is 3.33. The van der Waals surface area contributed by atoms with Gasteiger partial charge in [0.25, 0.3) is 0 Å². The van der Waals surface area contributed by atoms with Crippen LogP contribution in [0, 0.1) is 0 Å². The van der Waals surface area contributed by atoms with E-state index in [0.29, 0.717) is 13.2 Å². The highest BCUT2D eigenvalue weighted by Crippen LogP contribution is 1.68. The number of carboxylic acids is 4. The number of ether oxygens (including phenoxy) is 1. The SMILES string of the molecule is C=CC(=O)O.C=CC(=O)O.C=CC(=O)O.C=CC(=O)O.OCCOCCO. The second kappa shape index (κ2) is 34.1. The molecule has 0 spiro atoms. The Morgan fingerprint density at radius 3 is 0.815 bits per heavy atom. The molecule has 0 amide bonds. The Balaban J connectivity index is -0.0000000753. The van der Waals surface area contributed by atoms with E-state index < -0.39 is 23.9 Å². The van der Waals surface area contributed by atoms with Crippen LogP contribution in [0.1, 0.15) is 0 Å². The molecule has 0 aromatic carbocycles. The third-order valence-corrected chi connectivity index (χ3v) is 1.17. The van der Waals surface area contributed by atoms with E-state index in [-0.39, 0.29) is 13.2 Å². The number of rotatable bonds is 8. The van der Waals surface area contributed by atoms with E-state index in [4.69, 9.17) is 30.6 Å². The zero-order valence-electron chi connectivity index (χ0n) is 14.7. The van der Waals surface area contributed by atoms with Crippen molar-refractivity contribution in [3.8, 4) is 0 Å². The van der Waals surface area contributed by atoms with Gasteiger partial charge in [-0.3, -0.25) is 0 Å². The topological polar surface area (TPSA) is 199 Å². The first kappa shape index (κ1) is 34.9. The third-order valence-electron chi connectivity index (χ3n) is 1.17. The predicted octanol–water partition coefficient (Wildman–Crippen LogP) is 0.0156. The quantitative estimate of drug-likeness (QED) is 0.239. The summed E-state index contributed by atoms with van der Waals surface area (Å²) in [6, 6.07) is 0. The number of hydrogen-bond donors (Lipinski definition) is 6. The molecule has 0 rings (SSSR count). The van der Waals surface area contributed by atoms with Crippen LogP contribution >= 0.6 is 0 Å². The van der Waals surface area contributed by atoms with Gasteiger partial charge in [0.1, 0.15) is 0 Å². The second-order valence-electron chi connectivity index (χ2n) is 3.23. The van der Waals surface area contributed by atoms with E-state index in [0.717, 1.165) is 24.3 Å². The van der Waals surface area contributed by atoms with Crippen molar-refractivity contribution in [3.05, 3.63) is 50.6 Å².